The normalized spacial score (nSPS) is 16.1. The van der Waals surface area contributed by atoms with Gasteiger partial charge in [-0.3, -0.25) is 4.79 Å². The molecule has 1 saturated heterocycles. The Balaban J connectivity index is 1.93. The first-order valence-electron chi connectivity index (χ1n) is 5.89. The van der Waals surface area contributed by atoms with E-state index in [0.29, 0.717) is 19.5 Å². The third-order valence-corrected chi connectivity index (χ3v) is 2.80. The van der Waals surface area contributed by atoms with Gasteiger partial charge in [-0.15, -0.1) is 0 Å². The van der Waals surface area contributed by atoms with E-state index in [-0.39, 0.29) is 17.9 Å². The summed E-state index contributed by atoms with van der Waals surface area (Å²) in [7, 11) is 0. The van der Waals surface area contributed by atoms with Crippen molar-refractivity contribution in [3.63, 3.8) is 0 Å². The van der Waals surface area contributed by atoms with Crippen molar-refractivity contribution in [2.24, 2.45) is 0 Å². The quantitative estimate of drug-likeness (QED) is 0.847. The van der Waals surface area contributed by atoms with Crippen molar-refractivity contribution in [2.45, 2.75) is 25.6 Å². The average Bonchev–Trinajstić information content (AvgIpc) is 2.31. The summed E-state index contributed by atoms with van der Waals surface area (Å²) in [6.45, 7) is 2.54. The Morgan fingerprint density at radius 1 is 1.47 bits per heavy atom. The highest BCUT2D eigenvalue weighted by atomic mass is 19.4. The lowest BCUT2D eigenvalue weighted by Gasteiger charge is -2.38. The molecule has 0 aliphatic carbocycles. The second-order valence-electron chi connectivity index (χ2n) is 4.25. The molecule has 0 unspecified atom stereocenters. The molecule has 1 aliphatic rings. The molecule has 1 aromatic rings. The van der Waals surface area contributed by atoms with E-state index in [9.17, 15) is 18.0 Å². The lowest BCUT2D eigenvalue weighted by Crippen LogP contribution is -2.56. The number of hydrogen-bond donors (Lipinski definition) is 0. The zero-order valence-corrected chi connectivity index (χ0v) is 10.3. The molecule has 19 heavy (non-hydrogen) atoms. The first kappa shape index (κ1) is 13.6. The Labute approximate surface area is 108 Å². The summed E-state index contributed by atoms with van der Waals surface area (Å²) >= 11 is 0. The van der Waals surface area contributed by atoms with Crippen LogP contribution in [0.15, 0.2) is 18.2 Å². The summed E-state index contributed by atoms with van der Waals surface area (Å²) in [5, 5.41) is 0. The van der Waals surface area contributed by atoms with Crippen LogP contribution in [0, 0.1) is 0 Å². The smallest absolute Gasteiger partial charge is 0.433 e. The number of nitrogens with zero attached hydrogens (tertiary/aromatic N) is 2. The molecular formula is C12H13F3N2O2. The lowest BCUT2D eigenvalue weighted by atomic mass is 10.1. The fourth-order valence-electron chi connectivity index (χ4n) is 1.75. The molecule has 0 N–H and O–H groups in total. The number of carbonyl (C=O) groups is 1. The van der Waals surface area contributed by atoms with Gasteiger partial charge in [0.1, 0.15) is 11.8 Å². The van der Waals surface area contributed by atoms with Crippen molar-refractivity contribution >= 4 is 5.91 Å². The molecule has 2 heterocycles. The van der Waals surface area contributed by atoms with Crippen LogP contribution in [-0.2, 0) is 11.0 Å². The Bertz CT molecular complexity index is 470. The maximum absolute atomic E-state index is 12.4. The minimum Gasteiger partial charge on any atom is -0.471 e. The van der Waals surface area contributed by atoms with Crippen LogP contribution < -0.4 is 4.74 Å². The van der Waals surface area contributed by atoms with Crippen molar-refractivity contribution in [3.05, 3.63) is 23.9 Å². The van der Waals surface area contributed by atoms with Crippen LogP contribution in [0.4, 0.5) is 13.2 Å². The average molecular weight is 274 g/mol. The van der Waals surface area contributed by atoms with E-state index in [0.717, 1.165) is 6.07 Å². The molecule has 104 valence electrons. The van der Waals surface area contributed by atoms with E-state index in [4.69, 9.17) is 4.74 Å². The topological polar surface area (TPSA) is 42.4 Å². The zero-order valence-electron chi connectivity index (χ0n) is 10.3. The second kappa shape index (κ2) is 5.07. The molecule has 2 rings (SSSR count). The summed E-state index contributed by atoms with van der Waals surface area (Å²) in [5.74, 6) is -0.0553. The fraction of sp³-hybridized carbons (Fsp3) is 0.500. The van der Waals surface area contributed by atoms with Gasteiger partial charge in [-0.25, -0.2) is 4.98 Å². The molecule has 0 spiro atoms. The van der Waals surface area contributed by atoms with Gasteiger partial charge in [-0.1, -0.05) is 13.0 Å². The molecule has 1 aromatic heterocycles. The molecule has 4 nitrogen and oxygen atoms in total. The van der Waals surface area contributed by atoms with Crippen molar-refractivity contribution in [3.8, 4) is 5.88 Å². The number of ether oxygens (including phenoxy) is 1. The number of aromatic nitrogens is 1. The van der Waals surface area contributed by atoms with Gasteiger partial charge in [-0.05, 0) is 6.07 Å². The molecule has 0 bridgehead atoms. The van der Waals surface area contributed by atoms with Crippen molar-refractivity contribution < 1.29 is 22.7 Å². The van der Waals surface area contributed by atoms with Gasteiger partial charge < -0.3 is 9.64 Å². The molecule has 7 heteroatoms. The van der Waals surface area contributed by atoms with Gasteiger partial charge in [0.2, 0.25) is 11.8 Å². The van der Waals surface area contributed by atoms with E-state index in [1.807, 2.05) is 0 Å². The molecule has 1 aliphatic heterocycles. The minimum atomic E-state index is -4.48. The Morgan fingerprint density at radius 3 is 2.74 bits per heavy atom. The van der Waals surface area contributed by atoms with E-state index < -0.39 is 11.9 Å². The third kappa shape index (κ3) is 3.15. The first-order chi connectivity index (χ1) is 8.90. The predicted molar refractivity (Wildman–Crippen MR) is 60.5 cm³/mol. The van der Waals surface area contributed by atoms with Crippen LogP contribution >= 0.6 is 0 Å². The van der Waals surface area contributed by atoms with Crippen LogP contribution in [-0.4, -0.2) is 35.0 Å². The van der Waals surface area contributed by atoms with Gasteiger partial charge in [0, 0.05) is 12.5 Å². The van der Waals surface area contributed by atoms with E-state index in [1.54, 1.807) is 11.8 Å². The third-order valence-electron chi connectivity index (χ3n) is 2.80. The largest absolute Gasteiger partial charge is 0.471 e. The fourth-order valence-corrected chi connectivity index (χ4v) is 1.75. The van der Waals surface area contributed by atoms with Gasteiger partial charge >= 0.3 is 6.18 Å². The summed E-state index contributed by atoms with van der Waals surface area (Å²) < 4.78 is 42.6. The highest BCUT2D eigenvalue weighted by Gasteiger charge is 2.34. The highest BCUT2D eigenvalue weighted by molar-refractivity contribution is 5.76. The van der Waals surface area contributed by atoms with Gasteiger partial charge in [0.15, 0.2) is 0 Å². The molecular weight excluding hydrogens is 261 g/mol. The number of likely N-dealkylation sites (tertiary alicyclic amines) is 1. The van der Waals surface area contributed by atoms with E-state index in [2.05, 4.69) is 4.98 Å². The number of hydrogen-bond acceptors (Lipinski definition) is 3. The van der Waals surface area contributed by atoms with Crippen molar-refractivity contribution in [2.75, 3.05) is 13.1 Å². The number of alkyl halides is 3. The van der Waals surface area contributed by atoms with Crippen LogP contribution in [0.5, 0.6) is 5.88 Å². The Hall–Kier alpha value is -1.79. The molecule has 1 amide bonds. The van der Waals surface area contributed by atoms with Crippen molar-refractivity contribution in [1.82, 2.24) is 9.88 Å². The maximum atomic E-state index is 12.4. The summed E-state index contributed by atoms with van der Waals surface area (Å²) in [6, 6.07) is 3.51. The molecule has 0 aromatic carbocycles. The van der Waals surface area contributed by atoms with Crippen molar-refractivity contribution in [1.29, 1.82) is 0 Å². The van der Waals surface area contributed by atoms with Crippen LogP contribution in [0.3, 0.4) is 0 Å². The van der Waals surface area contributed by atoms with Crippen LogP contribution in [0.2, 0.25) is 0 Å². The highest BCUT2D eigenvalue weighted by Crippen LogP contribution is 2.29. The summed E-state index contributed by atoms with van der Waals surface area (Å²) in [5.41, 5.74) is -0.981. The Kier molecular flexibility index (Phi) is 3.64. The number of amides is 1. The molecule has 0 radical (unpaired) electrons. The SMILES string of the molecule is CCC(=O)N1CC(Oc2cccc(C(F)(F)F)n2)C1. The molecule has 0 atom stereocenters. The summed E-state index contributed by atoms with van der Waals surface area (Å²) in [4.78, 5) is 16.3. The van der Waals surface area contributed by atoms with Gasteiger partial charge in [-0.2, -0.15) is 13.2 Å². The summed E-state index contributed by atoms with van der Waals surface area (Å²) in [6.07, 6.45) is -4.36. The predicted octanol–water partition coefficient (Wildman–Crippen LogP) is 2.10. The standard InChI is InChI=1S/C12H13F3N2O2/c1-2-11(18)17-6-8(7-17)19-10-5-3-4-9(16-10)12(13,14)15/h3-5,8H,2,6-7H2,1H3. The molecule has 1 fully saturated rings. The van der Waals surface area contributed by atoms with Gasteiger partial charge in [0.25, 0.3) is 0 Å². The number of halogens is 3. The number of carbonyl (C=O) groups excluding carboxylic acids is 1. The van der Waals surface area contributed by atoms with E-state index in [1.165, 1.54) is 12.1 Å². The van der Waals surface area contributed by atoms with Crippen LogP contribution in [0.25, 0.3) is 0 Å². The maximum Gasteiger partial charge on any atom is 0.433 e. The van der Waals surface area contributed by atoms with E-state index >= 15 is 0 Å². The first-order valence-corrected chi connectivity index (χ1v) is 5.89. The monoisotopic (exact) mass is 274 g/mol. The van der Waals surface area contributed by atoms with Gasteiger partial charge in [0.05, 0.1) is 13.1 Å². The Morgan fingerprint density at radius 2 is 2.16 bits per heavy atom. The number of pyridine rings is 1. The zero-order chi connectivity index (χ0) is 14.0. The van der Waals surface area contributed by atoms with Crippen LogP contribution in [0.1, 0.15) is 19.0 Å². The number of rotatable bonds is 3. The second-order valence-corrected chi connectivity index (χ2v) is 4.25. The lowest BCUT2D eigenvalue weighted by molar-refractivity contribution is -0.142. The minimum absolute atomic E-state index is 0.0110. The molecule has 0 saturated carbocycles.